The number of pyridine rings is 1. The molecule has 2 N–H and O–H groups in total. The minimum absolute atomic E-state index is 0.102. The molecule has 0 saturated carbocycles. The second-order valence-electron chi connectivity index (χ2n) is 8.87. The molecule has 1 aliphatic rings. The van der Waals surface area contributed by atoms with Crippen molar-refractivity contribution in [2.45, 2.75) is 38.6 Å². The van der Waals surface area contributed by atoms with Gasteiger partial charge in [-0.15, -0.1) is 0 Å². The molecule has 0 atom stereocenters. The lowest BCUT2D eigenvalue weighted by molar-refractivity contribution is -0.131. The second kappa shape index (κ2) is 11.8. The first-order valence-electron chi connectivity index (χ1n) is 11.9. The smallest absolute Gasteiger partial charge is 0.253 e. The van der Waals surface area contributed by atoms with Gasteiger partial charge in [0.15, 0.2) is 0 Å². The van der Waals surface area contributed by atoms with E-state index in [2.05, 4.69) is 34.6 Å². The molecule has 2 amide bonds. The Balaban J connectivity index is 1.33. The molecule has 7 heteroatoms. The van der Waals surface area contributed by atoms with E-state index < -0.39 is 0 Å². The molecule has 6 nitrogen and oxygen atoms in total. The lowest BCUT2D eigenvalue weighted by Crippen LogP contribution is -2.29. The average molecular weight is 489 g/mol. The van der Waals surface area contributed by atoms with Crippen molar-refractivity contribution in [1.29, 1.82) is 5.41 Å². The number of carbonyl (C=O) groups is 2. The van der Waals surface area contributed by atoms with Crippen LogP contribution in [0.2, 0.25) is 5.02 Å². The highest BCUT2D eigenvalue weighted by Gasteiger charge is 2.16. The van der Waals surface area contributed by atoms with Gasteiger partial charge in [0.05, 0.1) is 17.8 Å². The number of nitrogens with one attached hydrogen (secondary N) is 2. The van der Waals surface area contributed by atoms with Gasteiger partial charge >= 0.3 is 0 Å². The number of aromatic nitrogens is 1. The number of amides is 2. The predicted octanol–water partition coefficient (Wildman–Crippen LogP) is 5.03. The molecule has 3 aromatic rings. The number of rotatable bonds is 8. The molecule has 0 unspecified atom stereocenters. The fraction of sp³-hybridized carbons (Fsp3) is 0.286. The van der Waals surface area contributed by atoms with Gasteiger partial charge in [0.1, 0.15) is 0 Å². The van der Waals surface area contributed by atoms with E-state index in [-0.39, 0.29) is 24.1 Å². The summed E-state index contributed by atoms with van der Waals surface area (Å²) in [6.07, 6.45) is 7.77. The van der Waals surface area contributed by atoms with E-state index >= 15 is 0 Å². The van der Waals surface area contributed by atoms with Crippen LogP contribution in [-0.4, -0.2) is 40.5 Å². The zero-order chi connectivity index (χ0) is 24.6. The third-order valence-electron chi connectivity index (χ3n) is 6.13. The van der Waals surface area contributed by atoms with E-state index in [0.29, 0.717) is 35.5 Å². The van der Waals surface area contributed by atoms with E-state index in [9.17, 15) is 9.59 Å². The van der Waals surface area contributed by atoms with Gasteiger partial charge in [-0.05, 0) is 59.7 Å². The quantitative estimate of drug-likeness (QED) is 0.436. The second-order valence-corrected chi connectivity index (χ2v) is 9.31. The fourth-order valence-corrected chi connectivity index (χ4v) is 4.37. The third kappa shape index (κ3) is 6.99. The zero-order valence-electron chi connectivity index (χ0n) is 19.6. The van der Waals surface area contributed by atoms with Crippen molar-refractivity contribution < 1.29 is 9.59 Å². The third-order valence-corrected chi connectivity index (χ3v) is 6.37. The van der Waals surface area contributed by atoms with Crippen molar-refractivity contribution in [3.05, 3.63) is 99.8 Å². The SMILES string of the molecule is N=C(CNC(=O)c1cncc(Cc2ccc(CN3CCCCCC3=O)cc2)c1)c1cccc(Cl)c1. The van der Waals surface area contributed by atoms with Crippen LogP contribution in [0.1, 0.15) is 58.3 Å². The largest absolute Gasteiger partial charge is 0.346 e. The maximum Gasteiger partial charge on any atom is 0.253 e. The Hall–Kier alpha value is -3.51. The number of nitrogens with zero attached hydrogens (tertiary/aromatic N) is 2. The van der Waals surface area contributed by atoms with E-state index in [4.69, 9.17) is 17.0 Å². The van der Waals surface area contributed by atoms with E-state index in [0.717, 1.165) is 42.5 Å². The first-order chi connectivity index (χ1) is 17.0. The van der Waals surface area contributed by atoms with Crippen molar-refractivity contribution >= 4 is 29.1 Å². The molecule has 0 bridgehead atoms. The van der Waals surface area contributed by atoms with Crippen LogP contribution < -0.4 is 5.32 Å². The number of benzene rings is 2. The molecule has 4 rings (SSSR count). The van der Waals surface area contributed by atoms with E-state index in [1.807, 2.05) is 11.0 Å². The monoisotopic (exact) mass is 488 g/mol. The van der Waals surface area contributed by atoms with Crippen LogP contribution >= 0.6 is 11.6 Å². The summed E-state index contributed by atoms with van der Waals surface area (Å²) in [6.45, 7) is 1.59. The van der Waals surface area contributed by atoms with E-state index in [1.165, 1.54) is 6.20 Å². The molecule has 35 heavy (non-hydrogen) atoms. The molecule has 1 aliphatic heterocycles. The Kier molecular flexibility index (Phi) is 8.27. The molecular weight excluding hydrogens is 460 g/mol. The standard InChI is InChI=1S/C28H29ClN4O2/c29-25-6-4-5-23(15-25)26(30)18-32-28(35)24-14-22(16-31-17-24)13-20-8-10-21(11-9-20)19-33-12-3-1-2-7-27(33)34/h4-6,8-11,14-17,30H,1-3,7,12-13,18-19H2,(H,32,35). The maximum absolute atomic E-state index is 12.6. The summed E-state index contributed by atoms with van der Waals surface area (Å²) in [7, 11) is 0. The number of hydrogen-bond donors (Lipinski definition) is 2. The van der Waals surface area contributed by atoms with Crippen molar-refractivity contribution in [2.75, 3.05) is 13.1 Å². The molecule has 1 fully saturated rings. The summed E-state index contributed by atoms with van der Waals surface area (Å²) in [5, 5.41) is 11.5. The summed E-state index contributed by atoms with van der Waals surface area (Å²) in [5.41, 5.74) is 4.58. The van der Waals surface area contributed by atoms with Gasteiger partial charge in [0.25, 0.3) is 5.91 Å². The number of carbonyl (C=O) groups excluding carboxylic acids is 2. The van der Waals surface area contributed by atoms with Gasteiger partial charge in [0.2, 0.25) is 5.91 Å². The summed E-state index contributed by atoms with van der Waals surface area (Å²) in [4.78, 5) is 31.1. The van der Waals surface area contributed by atoms with Gasteiger partial charge in [0, 0.05) is 36.9 Å². The minimum Gasteiger partial charge on any atom is -0.346 e. The normalized spacial score (nSPS) is 13.9. The molecule has 180 valence electrons. The molecule has 2 aromatic carbocycles. The van der Waals surface area contributed by atoms with Crippen LogP contribution in [0.5, 0.6) is 0 Å². The minimum atomic E-state index is -0.274. The molecular formula is C28H29ClN4O2. The highest BCUT2D eigenvalue weighted by Crippen LogP contribution is 2.17. The molecule has 1 saturated heterocycles. The highest BCUT2D eigenvalue weighted by molar-refractivity contribution is 6.31. The van der Waals surface area contributed by atoms with Crippen molar-refractivity contribution in [1.82, 2.24) is 15.2 Å². The predicted molar refractivity (Wildman–Crippen MR) is 138 cm³/mol. The Labute approximate surface area is 210 Å². The van der Waals surface area contributed by atoms with Crippen LogP contribution in [0.4, 0.5) is 0 Å². The number of likely N-dealkylation sites (tertiary alicyclic amines) is 1. The fourth-order valence-electron chi connectivity index (χ4n) is 4.18. The van der Waals surface area contributed by atoms with Gasteiger partial charge in [-0.3, -0.25) is 14.6 Å². The lowest BCUT2D eigenvalue weighted by atomic mass is 10.0. The number of hydrogen-bond acceptors (Lipinski definition) is 4. The van der Waals surface area contributed by atoms with Crippen LogP contribution in [0.25, 0.3) is 0 Å². The Bertz CT molecular complexity index is 1210. The highest BCUT2D eigenvalue weighted by atomic mass is 35.5. The lowest BCUT2D eigenvalue weighted by Gasteiger charge is -2.20. The summed E-state index contributed by atoms with van der Waals surface area (Å²) >= 11 is 5.99. The first kappa shape index (κ1) is 24.6. The Morgan fingerprint density at radius 1 is 0.971 bits per heavy atom. The molecule has 0 radical (unpaired) electrons. The van der Waals surface area contributed by atoms with Crippen molar-refractivity contribution in [2.24, 2.45) is 0 Å². The summed E-state index contributed by atoms with van der Waals surface area (Å²) in [5.74, 6) is -0.0287. The molecule has 0 aliphatic carbocycles. The first-order valence-corrected chi connectivity index (χ1v) is 12.3. The molecule has 0 spiro atoms. The van der Waals surface area contributed by atoms with Crippen LogP contribution in [-0.2, 0) is 17.8 Å². The zero-order valence-corrected chi connectivity index (χ0v) is 20.4. The van der Waals surface area contributed by atoms with Crippen molar-refractivity contribution in [3.8, 4) is 0 Å². The van der Waals surface area contributed by atoms with E-state index in [1.54, 1.807) is 30.5 Å². The molecule has 1 aromatic heterocycles. The Morgan fingerprint density at radius 3 is 2.57 bits per heavy atom. The van der Waals surface area contributed by atoms with Crippen LogP contribution in [0.3, 0.4) is 0 Å². The topological polar surface area (TPSA) is 86.2 Å². The van der Waals surface area contributed by atoms with Gasteiger partial charge in [-0.1, -0.05) is 54.4 Å². The van der Waals surface area contributed by atoms with Gasteiger partial charge < -0.3 is 15.6 Å². The van der Waals surface area contributed by atoms with Crippen LogP contribution in [0, 0.1) is 5.41 Å². The summed E-state index contributed by atoms with van der Waals surface area (Å²) < 4.78 is 0. The van der Waals surface area contributed by atoms with Gasteiger partial charge in [-0.2, -0.15) is 0 Å². The van der Waals surface area contributed by atoms with Gasteiger partial charge in [-0.25, -0.2) is 0 Å². The van der Waals surface area contributed by atoms with Crippen LogP contribution in [0.15, 0.2) is 67.0 Å². The summed E-state index contributed by atoms with van der Waals surface area (Å²) in [6, 6.07) is 17.1. The average Bonchev–Trinajstić information content (AvgIpc) is 3.07. The molecule has 2 heterocycles. The Morgan fingerprint density at radius 2 is 1.77 bits per heavy atom. The van der Waals surface area contributed by atoms with Crippen molar-refractivity contribution in [3.63, 3.8) is 0 Å². The number of halogens is 1. The maximum atomic E-state index is 12.6.